The number of benzene rings is 2. The van der Waals surface area contributed by atoms with Gasteiger partial charge in [0.15, 0.2) is 0 Å². The van der Waals surface area contributed by atoms with Crippen LogP contribution >= 0.6 is 0 Å². The Morgan fingerprint density at radius 3 is 2.75 bits per heavy atom. The van der Waals surface area contributed by atoms with Crippen molar-refractivity contribution in [3.05, 3.63) is 77.4 Å². The minimum Gasteiger partial charge on any atom is -0.370 e. The molecule has 1 heterocycles. The summed E-state index contributed by atoms with van der Waals surface area (Å²) in [5, 5.41) is 2.70. The molecule has 2 aromatic carbocycles. The van der Waals surface area contributed by atoms with Gasteiger partial charge in [0.1, 0.15) is 6.10 Å². The number of hydrogen-bond acceptors (Lipinski definition) is 3. The topological polar surface area (TPSA) is 58.6 Å². The summed E-state index contributed by atoms with van der Waals surface area (Å²) in [7, 11) is 0. The number of nitrogens with one attached hydrogen (secondary N) is 1. The van der Waals surface area contributed by atoms with Crippen molar-refractivity contribution in [2.75, 3.05) is 18.5 Å². The number of aryl methyl sites for hydroxylation is 2. The Morgan fingerprint density at radius 1 is 1.21 bits per heavy atom. The molecule has 0 saturated carbocycles. The number of carbonyl (C=O) groups is 2. The third-order valence-corrected chi connectivity index (χ3v) is 5.04. The number of hydrogen-bond donors (Lipinski definition) is 1. The Balaban J connectivity index is 1.82. The quantitative estimate of drug-likeness (QED) is 0.817. The first-order valence-corrected chi connectivity index (χ1v) is 9.42. The van der Waals surface area contributed by atoms with Crippen molar-refractivity contribution in [1.82, 2.24) is 4.90 Å². The summed E-state index contributed by atoms with van der Waals surface area (Å²) in [4.78, 5) is 26.6. The van der Waals surface area contributed by atoms with Crippen molar-refractivity contribution in [1.29, 1.82) is 0 Å². The molecule has 1 aliphatic heterocycles. The molecule has 1 saturated heterocycles. The van der Waals surface area contributed by atoms with Crippen LogP contribution in [-0.4, -0.2) is 35.9 Å². The fraction of sp³-hybridized carbons (Fsp3) is 0.304. The average Bonchev–Trinajstić information content (AvgIpc) is 2.70. The maximum atomic E-state index is 13.2. The molecule has 3 rings (SSSR count). The molecule has 1 fully saturated rings. The summed E-state index contributed by atoms with van der Waals surface area (Å²) in [6, 6.07) is 13.2. The van der Waals surface area contributed by atoms with Crippen LogP contribution in [0, 0.1) is 13.8 Å². The zero-order valence-electron chi connectivity index (χ0n) is 16.6. The summed E-state index contributed by atoms with van der Waals surface area (Å²) in [6.45, 7) is 10.5. The van der Waals surface area contributed by atoms with E-state index in [9.17, 15) is 9.59 Å². The molecule has 0 spiro atoms. The predicted octanol–water partition coefficient (Wildman–Crippen LogP) is 4.03. The number of morpholine rings is 1. The zero-order chi connectivity index (χ0) is 20.3. The SMILES string of the molecule is C=CC(=O)Nc1cccc(C(=O)N2CC(c3cc(C)ccc3C)OCC2C)c1. The van der Waals surface area contributed by atoms with Gasteiger partial charge in [-0.2, -0.15) is 0 Å². The Kier molecular flexibility index (Phi) is 5.95. The van der Waals surface area contributed by atoms with Crippen LogP contribution in [0.3, 0.4) is 0 Å². The first kappa shape index (κ1) is 19.8. The summed E-state index contributed by atoms with van der Waals surface area (Å²) < 4.78 is 6.06. The lowest BCUT2D eigenvalue weighted by Gasteiger charge is -2.38. The standard InChI is InChI=1S/C23H26N2O3/c1-5-22(26)24-19-8-6-7-18(12-19)23(27)25-13-21(28-14-17(25)4)20-11-15(2)9-10-16(20)3/h5-12,17,21H,1,13-14H2,2-4H3,(H,24,26). The molecular formula is C23H26N2O3. The van der Waals surface area contributed by atoms with Gasteiger partial charge in [0.2, 0.25) is 5.91 Å². The van der Waals surface area contributed by atoms with Crippen LogP contribution < -0.4 is 5.32 Å². The van der Waals surface area contributed by atoms with Gasteiger partial charge in [0, 0.05) is 11.3 Å². The maximum absolute atomic E-state index is 13.2. The predicted molar refractivity (Wildman–Crippen MR) is 110 cm³/mol. The molecule has 0 radical (unpaired) electrons. The zero-order valence-corrected chi connectivity index (χ0v) is 16.6. The third-order valence-electron chi connectivity index (χ3n) is 5.04. The second kappa shape index (κ2) is 8.40. The Labute approximate surface area is 166 Å². The monoisotopic (exact) mass is 378 g/mol. The van der Waals surface area contributed by atoms with Crippen LogP contribution in [0.15, 0.2) is 55.1 Å². The maximum Gasteiger partial charge on any atom is 0.254 e. The fourth-order valence-electron chi connectivity index (χ4n) is 3.42. The Morgan fingerprint density at radius 2 is 2.00 bits per heavy atom. The van der Waals surface area contributed by atoms with E-state index in [0.29, 0.717) is 24.4 Å². The smallest absolute Gasteiger partial charge is 0.254 e. The van der Waals surface area contributed by atoms with Crippen molar-refractivity contribution in [2.45, 2.75) is 32.9 Å². The number of anilines is 1. The van der Waals surface area contributed by atoms with E-state index < -0.39 is 0 Å². The second-order valence-electron chi connectivity index (χ2n) is 7.26. The van der Waals surface area contributed by atoms with Crippen molar-refractivity contribution >= 4 is 17.5 Å². The molecule has 2 aromatic rings. The largest absolute Gasteiger partial charge is 0.370 e. The summed E-state index contributed by atoms with van der Waals surface area (Å²) in [5.74, 6) is -0.375. The summed E-state index contributed by atoms with van der Waals surface area (Å²) in [6.07, 6.45) is 1.05. The minimum absolute atomic E-state index is 0.0275. The van der Waals surface area contributed by atoms with Gasteiger partial charge in [0.25, 0.3) is 5.91 Å². The van der Waals surface area contributed by atoms with Gasteiger partial charge in [0.05, 0.1) is 19.2 Å². The van der Waals surface area contributed by atoms with Crippen molar-refractivity contribution in [3.63, 3.8) is 0 Å². The lowest BCUT2D eigenvalue weighted by atomic mass is 9.98. The second-order valence-corrected chi connectivity index (χ2v) is 7.26. The highest BCUT2D eigenvalue weighted by Crippen LogP contribution is 2.29. The molecule has 146 valence electrons. The summed E-state index contributed by atoms with van der Waals surface area (Å²) in [5.41, 5.74) is 4.56. The van der Waals surface area contributed by atoms with Crippen LogP contribution in [0.1, 0.15) is 40.1 Å². The first-order chi connectivity index (χ1) is 13.4. The van der Waals surface area contributed by atoms with Crippen molar-refractivity contribution < 1.29 is 14.3 Å². The molecule has 5 heteroatoms. The highest BCUT2D eigenvalue weighted by Gasteiger charge is 2.31. The van der Waals surface area contributed by atoms with E-state index in [-0.39, 0.29) is 24.0 Å². The molecule has 0 bridgehead atoms. The fourth-order valence-corrected chi connectivity index (χ4v) is 3.42. The lowest BCUT2D eigenvalue weighted by Crippen LogP contribution is -2.48. The van der Waals surface area contributed by atoms with E-state index in [2.05, 4.69) is 43.9 Å². The number of rotatable bonds is 4. The molecule has 1 aliphatic rings. The van der Waals surface area contributed by atoms with E-state index >= 15 is 0 Å². The van der Waals surface area contributed by atoms with Crippen LogP contribution in [0.4, 0.5) is 5.69 Å². The molecule has 2 atom stereocenters. The van der Waals surface area contributed by atoms with E-state index in [4.69, 9.17) is 4.74 Å². The highest BCUT2D eigenvalue weighted by molar-refractivity contribution is 6.00. The Bertz CT molecular complexity index is 906. The van der Waals surface area contributed by atoms with Gasteiger partial charge < -0.3 is 15.0 Å². The van der Waals surface area contributed by atoms with Crippen LogP contribution in [-0.2, 0) is 9.53 Å². The van der Waals surface area contributed by atoms with Crippen LogP contribution in [0.25, 0.3) is 0 Å². The molecule has 2 amide bonds. The third kappa shape index (κ3) is 4.31. The number of nitrogens with zero attached hydrogens (tertiary/aromatic N) is 1. The van der Waals surface area contributed by atoms with E-state index in [0.717, 1.165) is 11.1 Å². The molecule has 0 aromatic heterocycles. The van der Waals surface area contributed by atoms with E-state index in [1.165, 1.54) is 11.6 Å². The lowest BCUT2D eigenvalue weighted by molar-refractivity contribution is -0.111. The van der Waals surface area contributed by atoms with Crippen molar-refractivity contribution in [2.24, 2.45) is 0 Å². The van der Waals surface area contributed by atoms with Gasteiger partial charge in [-0.15, -0.1) is 0 Å². The minimum atomic E-state index is -0.306. The first-order valence-electron chi connectivity index (χ1n) is 9.42. The Hall–Kier alpha value is -2.92. The molecule has 5 nitrogen and oxygen atoms in total. The molecule has 28 heavy (non-hydrogen) atoms. The normalized spacial score (nSPS) is 19.2. The van der Waals surface area contributed by atoms with Gasteiger partial charge in [-0.3, -0.25) is 9.59 Å². The number of ether oxygens (including phenoxy) is 1. The molecule has 2 unspecified atom stereocenters. The van der Waals surface area contributed by atoms with E-state index in [1.54, 1.807) is 24.3 Å². The highest BCUT2D eigenvalue weighted by atomic mass is 16.5. The molecule has 1 N–H and O–H groups in total. The van der Waals surface area contributed by atoms with Crippen LogP contribution in [0.5, 0.6) is 0 Å². The molecular weight excluding hydrogens is 352 g/mol. The summed E-state index contributed by atoms with van der Waals surface area (Å²) >= 11 is 0. The van der Waals surface area contributed by atoms with Gasteiger partial charge in [-0.25, -0.2) is 0 Å². The van der Waals surface area contributed by atoms with Gasteiger partial charge in [-0.1, -0.05) is 36.4 Å². The van der Waals surface area contributed by atoms with Crippen molar-refractivity contribution in [3.8, 4) is 0 Å². The van der Waals surface area contributed by atoms with Gasteiger partial charge in [-0.05, 0) is 56.2 Å². The average molecular weight is 378 g/mol. The molecule has 0 aliphatic carbocycles. The van der Waals surface area contributed by atoms with Crippen LogP contribution in [0.2, 0.25) is 0 Å². The van der Waals surface area contributed by atoms with E-state index in [1.807, 2.05) is 11.8 Å². The number of carbonyl (C=O) groups excluding carboxylic acids is 2. The number of amides is 2. The van der Waals surface area contributed by atoms with Gasteiger partial charge >= 0.3 is 0 Å².